The number of aryl methyl sites for hydroxylation is 1. The molecule has 6 nitrogen and oxygen atoms in total. The summed E-state index contributed by atoms with van der Waals surface area (Å²) in [5.41, 5.74) is 0.115. The zero-order valence-corrected chi connectivity index (χ0v) is 8.58. The number of aromatic carboxylic acids is 1. The summed E-state index contributed by atoms with van der Waals surface area (Å²) in [6.45, 7) is 0.0698. The summed E-state index contributed by atoms with van der Waals surface area (Å²) in [5.74, 6) is -0.176. The minimum atomic E-state index is -1.03. The fourth-order valence-corrected chi connectivity index (χ4v) is 1.27. The van der Waals surface area contributed by atoms with Crippen LogP contribution in [0.25, 0.3) is 0 Å². The van der Waals surface area contributed by atoms with E-state index in [0.29, 0.717) is 5.75 Å². The van der Waals surface area contributed by atoms with E-state index in [1.54, 1.807) is 24.1 Å². The fraction of sp³-hybridized carbons (Fsp3) is 0.200. The smallest absolute Gasteiger partial charge is 0.339 e. The Morgan fingerprint density at radius 1 is 1.69 bits per heavy atom. The standard InChI is InChI=1S/C10H10N2O4/c1-12-5-7(4-11-12)16-6-9-8(10(13)14)2-3-15-9/h2-5H,6H2,1H3,(H,13,14). The van der Waals surface area contributed by atoms with Crippen LogP contribution in [0.15, 0.2) is 29.1 Å². The number of rotatable bonds is 4. The first-order valence-electron chi connectivity index (χ1n) is 4.58. The lowest BCUT2D eigenvalue weighted by Crippen LogP contribution is -2.02. The summed E-state index contributed by atoms with van der Waals surface area (Å²) in [6, 6.07) is 1.39. The lowest BCUT2D eigenvalue weighted by Gasteiger charge is -2.01. The van der Waals surface area contributed by atoms with Crippen molar-refractivity contribution in [3.8, 4) is 5.75 Å². The van der Waals surface area contributed by atoms with Crippen LogP contribution in [0.1, 0.15) is 16.1 Å². The third kappa shape index (κ3) is 2.05. The first-order chi connectivity index (χ1) is 7.66. The number of carboxylic acids is 1. The molecule has 84 valence electrons. The van der Waals surface area contributed by atoms with Gasteiger partial charge in [0.05, 0.1) is 18.7 Å². The minimum absolute atomic E-state index is 0.0698. The van der Waals surface area contributed by atoms with Crippen LogP contribution in [-0.4, -0.2) is 20.9 Å². The Morgan fingerprint density at radius 2 is 2.50 bits per heavy atom. The molecule has 0 bridgehead atoms. The molecule has 0 spiro atoms. The molecule has 0 saturated carbocycles. The fourth-order valence-electron chi connectivity index (χ4n) is 1.27. The summed E-state index contributed by atoms with van der Waals surface area (Å²) >= 11 is 0. The van der Waals surface area contributed by atoms with E-state index in [4.69, 9.17) is 14.3 Å². The molecule has 1 N–H and O–H groups in total. The molecule has 16 heavy (non-hydrogen) atoms. The Hall–Kier alpha value is -2.24. The Bertz CT molecular complexity index is 500. The second-order valence-electron chi connectivity index (χ2n) is 3.20. The maximum atomic E-state index is 10.8. The Morgan fingerprint density at radius 3 is 3.12 bits per heavy atom. The van der Waals surface area contributed by atoms with Gasteiger partial charge < -0.3 is 14.3 Å². The van der Waals surface area contributed by atoms with Crippen molar-refractivity contribution in [1.29, 1.82) is 0 Å². The second kappa shape index (κ2) is 4.09. The van der Waals surface area contributed by atoms with E-state index in [9.17, 15) is 4.79 Å². The molecule has 2 rings (SSSR count). The van der Waals surface area contributed by atoms with Gasteiger partial charge in [0.1, 0.15) is 12.2 Å². The van der Waals surface area contributed by atoms with Gasteiger partial charge in [-0.1, -0.05) is 0 Å². The topological polar surface area (TPSA) is 77.5 Å². The van der Waals surface area contributed by atoms with E-state index in [1.807, 2.05) is 0 Å². The number of hydrogen-bond acceptors (Lipinski definition) is 4. The molecular weight excluding hydrogens is 212 g/mol. The highest BCUT2D eigenvalue weighted by molar-refractivity contribution is 5.88. The molecule has 0 fully saturated rings. The van der Waals surface area contributed by atoms with E-state index in [-0.39, 0.29) is 17.9 Å². The highest BCUT2D eigenvalue weighted by Gasteiger charge is 2.13. The Balaban J connectivity index is 2.04. The lowest BCUT2D eigenvalue weighted by atomic mass is 10.2. The van der Waals surface area contributed by atoms with E-state index >= 15 is 0 Å². The predicted molar refractivity (Wildman–Crippen MR) is 53.2 cm³/mol. The van der Waals surface area contributed by atoms with E-state index in [2.05, 4.69) is 5.10 Å². The van der Waals surface area contributed by atoms with Gasteiger partial charge in [-0.15, -0.1) is 0 Å². The molecule has 0 aliphatic heterocycles. The molecule has 0 saturated heterocycles. The first-order valence-corrected chi connectivity index (χ1v) is 4.58. The maximum Gasteiger partial charge on any atom is 0.339 e. The summed E-state index contributed by atoms with van der Waals surface area (Å²) in [7, 11) is 1.77. The molecule has 2 aromatic rings. The number of aromatic nitrogens is 2. The average molecular weight is 222 g/mol. The number of nitrogens with zero attached hydrogens (tertiary/aromatic N) is 2. The molecule has 0 radical (unpaired) electrons. The van der Waals surface area contributed by atoms with Gasteiger partial charge in [0.2, 0.25) is 0 Å². The van der Waals surface area contributed by atoms with Crippen LogP contribution in [0.3, 0.4) is 0 Å². The largest absolute Gasteiger partial charge is 0.482 e. The van der Waals surface area contributed by atoms with Crippen LogP contribution in [0.4, 0.5) is 0 Å². The van der Waals surface area contributed by atoms with E-state index in [1.165, 1.54) is 12.3 Å². The molecule has 6 heteroatoms. The highest BCUT2D eigenvalue weighted by atomic mass is 16.5. The summed E-state index contributed by atoms with van der Waals surface area (Å²) < 4.78 is 11.9. The van der Waals surface area contributed by atoms with Gasteiger partial charge in [0.25, 0.3) is 0 Å². The van der Waals surface area contributed by atoms with Crippen molar-refractivity contribution >= 4 is 5.97 Å². The minimum Gasteiger partial charge on any atom is -0.482 e. The lowest BCUT2D eigenvalue weighted by molar-refractivity contribution is 0.0692. The van der Waals surface area contributed by atoms with Gasteiger partial charge in [0.15, 0.2) is 11.5 Å². The SMILES string of the molecule is Cn1cc(OCc2occc2C(=O)O)cn1. The van der Waals surface area contributed by atoms with Crippen molar-refractivity contribution < 1.29 is 19.1 Å². The maximum absolute atomic E-state index is 10.8. The molecule has 0 aliphatic carbocycles. The number of carboxylic acid groups (broad SMARTS) is 1. The molecule has 2 heterocycles. The van der Waals surface area contributed by atoms with Crippen LogP contribution in [0.2, 0.25) is 0 Å². The monoisotopic (exact) mass is 222 g/mol. The number of furan rings is 1. The Kier molecular flexibility index (Phi) is 2.63. The first kappa shape index (κ1) is 10.3. The quantitative estimate of drug-likeness (QED) is 0.843. The average Bonchev–Trinajstić information content (AvgIpc) is 2.83. The molecule has 2 aromatic heterocycles. The van der Waals surface area contributed by atoms with Gasteiger partial charge in [-0.2, -0.15) is 5.10 Å². The highest BCUT2D eigenvalue weighted by Crippen LogP contribution is 2.15. The molecule has 0 unspecified atom stereocenters. The molecule has 0 aromatic carbocycles. The third-order valence-corrected chi connectivity index (χ3v) is 2.03. The summed E-state index contributed by atoms with van der Waals surface area (Å²) in [6.07, 6.45) is 4.55. The molecular formula is C10H10N2O4. The van der Waals surface area contributed by atoms with Gasteiger partial charge in [0, 0.05) is 7.05 Å². The van der Waals surface area contributed by atoms with Crippen molar-refractivity contribution in [3.05, 3.63) is 36.0 Å². The van der Waals surface area contributed by atoms with E-state index in [0.717, 1.165) is 0 Å². The van der Waals surface area contributed by atoms with Gasteiger partial charge in [-0.25, -0.2) is 4.79 Å². The van der Waals surface area contributed by atoms with Crippen molar-refractivity contribution in [2.45, 2.75) is 6.61 Å². The molecule has 0 atom stereocenters. The van der Waals surface area contributed by atoms with Crippen LogP contribution in [0, 0.1) is 0 Å². The van der Waals surface area contributed by atoms with Crippen molar-refractivity contribution in [1.82, 2.24) is 9.78 Å². The van der Waals surface area contributed by atoms with Crippen molar-refractivity contribution in [2.75, 3.05) is 0 Å². The molecule has 0 aliphatic rings. The van der Waals surface area contributed by atoms with Gasteiger partial charge in [-0.05, 0) is 6.07 Å². The number of hydrogen-bond donors (Lipinski definition) is 1. The predicted octanol–water partition coefficient (Wildman–Crippen LogP) is 1.29. The van der Waals surface area contributed by atoms with Gasteiger partial charge >= 0.3 is 5.97 Å². The van der Waals surface area contributed by atoms with Crippen LogP contribution in [0.5, 0.6) is 5.75 Å². The molecule has 0 amide bonds. The number of ether oxygens (including phenoxy) is 1. The van der Waals surface area contributed by atoms with E-state index < -0.39 is 5.97 Å². The normalized spacial score (nSPS) is 10.3. The summed E-state index contributed by atoms with van der Waals surface area (Å²) in [4.78, 5) is 10.8. The second-order valence-corrected chi connectivity index (χ2v) is 3.20. The van der Waals surface area contributed by atoms with Crippen molar-refractivity contribution in [2.24, 2.45) is 7.05 Å². The van der Waals surface area contributed by atoms with Crippen LogP contribution < -0.4 is 4.74 Å². The van der Waals surface area contributed by atoms with Crippen molar-refractivity contribution in [3.63, 3.8) is 0 Å². The van der Waals surface area contributed by atoms with Crippen LogP contribution in [-0.2, 0) is 13.7 Å². The number of carbonyl (C=O) groups is 1. The zero-order chi connectivity index (χ0) is 11.5. The third-order valence-electron chi connectivity index (χ3n) is 2.03. The van der Waals surface area contributed by atoms with Crippen LogP contribution >= 0.6 is 0 Å². The van der Waals surface area contributed by atoms with Gasteiger partial charge in [-0.3, -0.25) is 4.68 Å². The zero-order valence-electron chi connectivity index (χ0n) is 8.58. The Labute approximate surface area is 91.1 Å². The summed E-state index contributed by atoms with van der Waals surface area (Å²) in [5, 5.41) is 12.7.